The third-order valence-electron chi connectivity index (χ3n) is 4.27. The van der Waals surface area contributed by atoms with Crippen LogP contribution in [0.5, 0.6) is 5.75 Å². The molecule has 2 aromatic carbocycles. The minimum Gasteiger partial charge on any atom is -0.497 e. The number of benzene rings is 2. The van der Waals surface area contributed by atoms with Crippen LogP contribution in [0.15, 0.2) is 47.0 Å². The van der Waals surface area contributed by atoms with Crippen molar-refractivity contribution in [2.45, 2.75) is 20.8 Å². The van der Waals surface area contributed by atoms with Crippen LogP contribution in [0.4, 0.5) is 0 Å². The summed E-state index contributed by atoms with van der Waals surface area (Å²) in [6.45, 7) is 6.21. The fourth-order valence-electron chi connectivity index (χ4n) is 3.15. The SMILES string of the molecule is COc1ccc(/C(C#N)=C\c2cc(-c3c(C)cc(C)cc3C)no2)cc1. The standard InChI is InChI=1S/C22H20N2O2/c1-14-9-15(2)22(16(3)10-14)21-12-20(26-24-21)11-18(13-23)17-5-7-19(25-4)8-6-17/h5-12H,1-4H3/b18-11-. The number of nitriles is 1. The Morgan fingerprint density at radius 3 is 2.31 bits per heavy atom. The monoisotopic (exact) mass is 344 g/mol. The van der Waals surface area contributed by atoms with E-state index in [0.29, 0.717) is 11.3 Å². The Morgan fingerprint density at radius 2 is 1.73 bits per heavy atom. The van der Waals surface area contributed by atoms with Crippen molar-refractivity contribution in [2.75, 3.05) is 7.11 Å². The molecule has 0 aliphatic heterocycles. The maximum atomic E-state index is 9.50. The fourth-order valence-corrected chi connectivity index (χ4v) is 3.15. The number of allylic oxidation sites excluding steroid dienone is 1. The average Bonchev–Trinajstić information content (AvgIpc) is 3.07. The highest BCUT2D eigenvalue weighted by Gasteiger charge is 2.12. The molecular weight excluding hydrogens is 324 g/mol. The highest BCUT2D eigenvalue weighted by Crippen LogP contribution is 2.29. The summed E-state index contributed by atoms with van der Waals surface area (Å²) in [5.41, 5.74) is 6.68. The molecule has 0 saturated heterocycles. The van der Waals surface area contributed by atoms with Gasteiger partial charge in [0.05, 0.1) is 18.8 Å². The smallest absolute Gasteiger partial charge is 0.161 e. The maximum absolute atomic E-state index is 9.50. The van der Waals surface area contributed by atoms with Crippen LogP contribution in [0.25, 0.3) is 22.9 Å². The van der Waals surface area contributed by atoms with Gasteiger partial charge in [0.15, 0.2) is 5.76 Å². The first-order valence-electron chi connectivity index (χ1n) is 8.33. The molecule has 1 aromatic heterocycles. The first-order chi connectivity index (χ1) is 12.5. The summed E-state index contributed by atoms with van der Waals surface area (Å²) < 4.78 is 10.6. The molecule has 1 heterocycles. The van der Waals surface area contributed by atoms with E-state index in [1.807, 2.05) is 30.3 Å². The van der Waals surface area contributed by atoms with Gasteiger partial charge >= 0.3 is 0 Å². The Hall–Kier alpha value is -3.32. The van der Waals surface area contributed by atoms with Gasteiger partial charge in [-0.15, -0.1) is 0 Å². The maximum Gasteiger partial charge on any atom is 0.161 e. The Balaban J connectivity index is 1.96. The Morgan fingerprint density at radius 1 is 1.08 bits per heavy atom. The summed E-state index contributed by atoms with van der Waals surface area (Å²) >= 11 is 0. The van der Waals surface area contributed by atoms with Crippen molar-refractivity contribution in [3.8, 4) is 23.1 Å². The number of rotatable bonds is 4. The Kier molecular flexibility index (Phi) is 4.90. The first kappa shape index (κ1) is 17.5. The zero-order chi connectivity index (χ0) is 18.7. The van der Waals surface area contributed by atoms with E-state index in [-0.39, 0.29) is 0 Å². The van der Waals surface area contributed by atoms with E-state index in [0.717, 1.165) is 33.7 Å². The number of hydrogen-bond acceptors (Lipinski definition) is 4. The number of aryl methyl sites for hydroxylation is 3. The lowest BCUT2D eigenvalue weighted by Crippen LogP contribution is -1.89. The van der Waals surface area contributed by atoms with Crippen molar-refractivity contribution < 1.29 is 9.26 Å². The summed E-state index contributed by atoms with van der Waals surface area (Å²) in [6, 6.07) is 15.7. The highest BCUT2D eigenvalue weighted by molar-refractivity contribution is 5.89. The Labute approximate surface area is 153 Å². The number of ether oxygens (including phenoxy) is 1. The summed E-state index contributed by atoms with van der Waals surface area (Å²) in [7, 11) is 1.61. The molecular formula is C22H20N2O2. The van der Waals surface area contributed by atoms with E-state index >= 15 is 0 Å². The van der Waals surface area contributed by atoms with Gasteiger partial charge in [0.2, 0.25) is 0 Å². The molecule has 0 spiro atoms. The number of aromatic nitrogens is 1. The van der Waals surface area contributed by atoms with Crippen molar-refractivity contribution in [1.29, 1.82) is 5.26 Å². The van der Waals surface area contributed by atoms with Crippen LogP contribution >= 0.6 is 0 Å². The molecule has 0 fully saturated rings. The Bertz CT molecular complexity index is 982. The predicted molar refractivity (Wildman–Crippen MR) is 103 cm³/mol. The summed E-state index contributed by atoms with van der Waals surface area (Å²) in [5.74, 6) is 1.30. The molecule has 4 nitrogen and oxygen atoms in total. The molecule has 0 aliphatic rings. The number of nitrogens with zero attached hydrogens (tertiary/aromatic N) is 2. The lowest BCUT2D eigenvalue weighted by molar-refractivity contribution is 0.414. The van der Waals surface area contributed by atoms with Gasteiger partial charge in [-0.05, 0) is 61.7 Å². The second kappa shape index (κ2) is 7.28. The minimum atomic E-state index is 0.507. The molecule has 0 bridgehead atoms. The van der Waals surface area contributed by atoms with Crippen LogP contribution < -0.4 is 4.74 Å². The van der Waals surface area contributed by atoms with Gasteiger partial charge in [-0.3, -0.25) is 0 Å². The van der Waals surface area contributed by atoms with E-state index in [4.69, 9.17) is 9.26 Å². The molecule has 0 radical (unpaired) electrons. The van der Waals surface area contributed by atoms with Crippen molar-refractivity contribution in [3.05, 3.63) is 70.5 Å². The van der Waals surface area contributed by atoms with Gasteiger partial charge in [0.1, 0.15) is 11.4 Å². The highest BCUT2D eigenvalue weighted by atomic mass is 16.5. The van der Waals surface area contributed by atoms with Crippen LogP contribution in [0.1, 0.15) is 28.0 Å². The van der Waals surface area contributed by atoms with Gasteiger partial charge in [-0.1, -0.05) is 22.9 Å². The van der Waals surface area contributed by atoms with Crippen molar-refractivity contribution in [2.24, 2.45) is 0 Å². The van der Waals surface area contributed by atoms with Crippen LogP contribution in [0.3, 0.4) is 0 Å². The van der Waals surface area contributed by atoms with Crippen LogP contribution in [0.2, 0.25) is 0 Å². The lowest BCUT2D eigenvalue weighted by atomic mass is 9.97. The molecule has 0 N–H and O–H groups in total. The van der Waals surface area contributed by atoms with E-state index in [1.54, 1.807) is 13.2 Å². The van der Waals surface area contributed by atoms with Crippen LogP contribution in [0, 0.1) is 32.1 Å². The molecule has 3 rings (SSSR count). The van der Waals surface area contributed by atoms with Gasteiger partial charge in [-0.2, -0.15) is 5.26 Å². The van der Waals surface area contributed by atoms with Crippen LogP contribution in [-0.4, -0.2) is 12.3 Å². The second-order valence-electron chi connectivity index (χ2n) is 6.29. The molecule has 0 saturated carbocycles. The van der Waals surface area contributed by atoms with E-state index in [9.17, 15) is 5.26 Å². The summed E-state index contributed by atoms with van der Waals surface area (Å²) in [5, 5.41) is 13.7. The molecule has 0 atom stereocenters. The molecule has 26 heavy (non-hydrogen) atoms. The zero-order valence-electron chi connectivity index (χ0n) is 15.3. The second-order valence-corrected chi connectivity index (χ2v) is 6.29. The average molecular weight is 344 g/mol. The first-order valence-corrected chi connectivity index (χ1v) is 8.33. The molecule has 0 aliphatic carbocycles. The third kappa shape index (κ3) is 3.52. The lowest BCUT2D eigenvalue weighted by Gasteiger charge is -2.07. The minimum absolute atomic E-state index is 0.507. The summed E-state index contributed by atoms with van der Waals surface area (Å²) in [4.78, 5) is 0. The summed E-state index contributed by atoms with van der Waals surface area (Å²) in [6.07, 6.45) is 1.71. The topological polar surface area (TPSA) is 59.0 Å². The van der Waals surface area contributed by atoms with Crippen molar-refractivity contribution in [3.63, 3.8) is 0 Å². The van der Waals surface area contributed by atoms with E-state index < -0.39 is 0 Å². The van der Waals surface area contributed by atoms with Gasteiger partial charge in [-0.25, -0.2) is 0 Å². The molecule has 3 aromatic rings. The molecule has 0 amide bonds. The van der Waals surface area contributed by atoms with E-state index in [1.165, 1.54) is 5.56 Å². The third-order valence-corrected chi connectivity index (χ3v) is 4.27. The van der Waals surface area contributed by atoms with Crippen molar-refractivity contribution in [1.82, 2.24) is 5.16 Å². The normalized spacial score (nSPS) is 11.3. The largest absolute Gasteiger partial charge is 0.497 e. The number of hydrogen-bond donors (Lipinski definition) is 0. The molecule has 0 unspecified atom stereocenters. The van der Waals surface area contributed by atoms with Gasteiger partial charge in [0.25, 0.3) is 0 Å². The van der Waals surface area contributed by atoms with Crippen LogP contribution in [-0.2, 0) is 0 Å². The molecule has 4 heteroatoms. The zero-order valence-corrected chi connectivity index (χ0v) is 15.3. The molecule has 130 valence electrons. The van der Waals surface area contributed by atoms with Crippen molar-refractivity contribution >= 4 is 11.6 Å². The quantitative estimate of drug-likeness (QED) is 0.599. The van der Waals surface area contributed by atoms with Gasteiger partial charge < -0.3 is 9.26 Å². The van der Waals surface area contributed by atoms with E-state index in [2.05, 4.69) is 44.1 Å². The van der Waals surface area contributed by atoms with Gasteiger partial charge in [0, 0.05) is 17.7 Å². The predicted octanol–water partition coefficient (Wildman–Crippen LogP) is 5.34. The number of methoxy groups -OCH3 is 1. The fraction of sp³-hybridized carbons (Fsp3) is 0.182.